The third-order valence-corrected chi connectivity index (χ3v) is 6.21. The van der Waals surface area contributed by atoms with E-state index in [-0.39, 0.29) is 39.7 Å². The van der Waals surface area contributed by atoms with Crippen molar-refractivity contribution in [3.8, 4) is 22.6 Å². The molecule has 3 aromatic rings. The Bertz CT molecular complexity index is 1440. The molecular weight excluding hydrogens is 545 g/mol. The standard InChI is InChI=1S/C22H12F9NO4S/c23-20(24,25)13-7-11(8-14(21(26,27)28)18(13)22(29,30)31)19-35-15-6-5-10(9-16(15)36-19)12-3-1-2-4-17(12)37(32,33)34/h1-9,19H,(H2,32,33,34). The van der Waals surface area contributed by atoms with E-state index >= 15 is 0 Å². The molecular formula is C22H12F9NO4S. The molecule has 0 saturated carbocycles. The fourth-order valence-electron chi connectivity index (χ4n) is 3.76. The molecule has 0 saturated heterocycles. The van der Waals surface area contributed by atoms with E-state index in [4.69, 9.17) is 14.6 Å². The second-order valence-electron chi connectivity index (χ2n) is 7.75. The fraction of sp³-hybridized carbons (Fsp3) is 0.182. The van der Waals surface area contributed by atoms with Crippen LogP contribution in [-0.2, 0) is 28.6 Å². The van der Waals surface area contributed by atoms with E-state index in [0.717, 1.165) is 0 Å². The van der Waals surface area contributed by atoms with Crippen molar-refractivity contribution in [2.45, 2.75) is 29.7 Å². The number of fused-ring (bicyclic) bond motifs is 1. The predicted molar refractivity (Wildman–Crippen MR) is 109 cm³/mol. The van der Waals surface area contributed by atoms with Gasteiger partial charge in [0.25, 0.3) is 6.29 Å². The minimum absolute atomic E-state index is 0.105. The molecule has 198 valence electrons. The molecule has 1 atom stereocenters. The van der Waals surface area contributed by atoms with Gasteiger partial charge in [-0.15, -0.1) is 0 Å². The van der Waals surface area contributed by atoms with Crippen LogP contribution in [0.4, 0.5) is 39.5 Å². The Morgan fingerprint density at radius 3 is 1.76 bits per heavy atom. The number of primary sulfonamides is 1. The zero-order chi connectivity index (χ0) is 27.6. The lowest BCUT2D eigenvalue weighted by atomic mass is 9.95. The van der Waals surface area contributed by atoms with Gasteiger partial charge in [-0.3, -0.25) is 0 Å². The van der Waals surface area contributed by atoms with Crippen LogP contribution in [-0.4, -0.2) is 8.42 Å². The maximum absolute atomic E-state index is 13.4. The van der Waals surface area contributed by atoms with Crippen LogP contribution in [0.2, 0.25) is 0 Å². The van der Waals surface area contributed by atoms with Crippen molar-refractivity contribution in [3.05, 3.63) is 76.9 Å². The lowest BCUT2D eigenvalue weighted by molar-refractivity contribution is -0.174. The molecule has 1 aliphatic heterocycles. The SMILES string of the molecule is NS(=O)(=O)c1ccccc1-c1ccc2c(c1)OC(c1cc(C(F)(F)F)c(C(F)(F)F)c(C(F)(F)F)c1)O2. The van der Waals surface area contributed by atoms with Crippen molar-refractivity contribution >= 4 is 10.0 Å². The summed E-state index contributed by atoms with van der Waals surface area (Å²) in [5.74, 6) is -0.377. The zero-order valence-electron chi connectivity index (χ0n) is 17.8. The first-order valence-corrected chi connectivity index (χ1v) is 11.4. The Hall–Kier alpha value is -3.46. The number of hydrogen-bond acceptors (Lipinski definition) is 4. The minimum Gasteiger partial charge on any atom is -0.447 e. The highest BCUT2D eigenvalue weighted by atomic mass is 32.2. The summed E-state index contributed by atoms with van der Waals surface area (Å²) in [4.78, 5) is -0.280. The molecule has 4 rings (SSSR count). The first kappa shape index (κ1) is 26.6. The van der Waals surface area contributed by atoms with Crippen LogP contribution in [0.3, 0.4) is 0 Å². The summed E-state index contributed by atoms with van der Waals surface area (Å²) in [6.45, 7) is 0. The Morgan fingerprint density at radius 2 is 1.24 bits per heavy atom. The molecule has 0 bridgehead atoms. The number of nitrogens with two attached hydrogens (primary N) is 1. The number of ether oxygens (including phenoxy) is 2. The van der Waals surface area contributed by atoms with Crippen LogP contribution in [0, 0.1) is 0 Å². The molecule has 1 unspecified atom stereocenters. The summed E-state index contributed by atoms with van der Waals surface area (Å²) in [6, 6.07) is 8.95. The average molecular weight is 557 g/mol. The van der Waals surface area contributed by atoms with Crippen molar-refractivity contribution in [1.82, 2.24) is 0 Å². The van der Waals surface area contributed by atoms with Gasteiger partial charge in [0.1, 0.15) is 0 Å². The number of rotatable bonds is 3. The molecule has 15 heteroatoms. The van der Waals surface area contributed by atoms with Gasteiger partial charge in [-0.2, -0.15) is 39.5 Å². The number of benzene rings is 3. The Morgan fingerprint density at radius 1 is 0.703 bits per heavy atom. The van der Waals surface area contributed by atoms with Gasteiger partial charge in [-0.1, -0.05) is 24.3 Å². The Kier molecular flexibility index (Phi) is 6.14. The molecule has 0 aromatic heterocycles. The maximum atomic E-state index is 13.4. The molecule has 0 fully saturated rings. The third kappa shape index (κ3) is 5.18. The van der Waals surface area contributed by atoms with E-state index < -0.39 is 57.1 Å². The predicted octanol–water partition coefficient (Wildman–Crippen LogP) is 6.53. The van der Waals surface area contributed by atoms with Gasteiger partial charge in [0.15, 0.2) is 11.5 Å². The normalized spacial score (nSPS) is 16.2. The van der Waals surface area contributed by atoms with Crippen LogP contribution in [0.25, 0.3) is 11.1 Å². The van der Waals surface area contributed by atoms with Crippen molar-refractivity contribution in [3.63, 3.8) is 0 Å². The van der Waals surface area contributed by atoms with E-state index in [9.17, 15) is 47.9 Å². The Labute approximate surface area is 202 Å². The highest BCUT2D eigenvalue weighted by Gasteiger charge is 2.51. The van der Waals surface area contributed by atoms with Crippen molar-refractivity contribution < 1.29 is 57.4 Å². The first-order valence-electron chi connectivity index (χ1n) is 9.86. The van der Waals surface area contributed by atoms with Crippen LogP contribution in [0.1, 0.15) is 28.5 Å². The topological polar surface area (TPSA) is 78.6 Å². The fourth-order valence-corrected chi connectivity index (χ4v) is 4.52. The zero-order valence-corrected chi connectivity index (χ0v) is 18.6. The van der Waals surface area contributed by atoms with Crippen LogP contribution in [0.15, 0.2) is 59.5 Å². The van der Waals surface area contributed by atoms with Gasteiger partial charge in [0.2, 0.25) is 10.0 Å². The van der Waals surface area contributed by atoms with E-state index in [1.54, 1.807) is 0 Å². The van der Waals surface area contributed by atoms with Crippen molar-refractivity contribution in [2.75, 3.05) is 0 Å². The molecule has 5 nitrogen and oxygen atoms in total. The highest BCUT2D eigenvalue weighted by molar-refractivity contribution is 7.89. The lowest BCUT2D eigenvalue weighted by Gasteiger charge is -2.23. The largest absolute Gasteiger partial charge is 0.447 e. The summed E-state index contributed by atoms with van der Waals surface area (Å²) >= 11 is 0. The van der Waals surface area contributed by atoms with Gasteiger partial charge < -0.3 is 9.47 Å². The summed E-state index contributed by atoms with van der Waals surface area (Å²) in [7, 11) is -4.18. The average Bonchev–Trinajstić information content (AvgIpc) is 3.19. The number of alkyl halides is 9. The summed E-state index contributed by atoms with van der Waals surface area (Å²) < 4.78 is 155. The minimum atomic E-state index is -5.97. The first-order chi connectivity index (χ1) is 16.9. The van der Waals surface area contributed by atoms with Crippen LogP contribution in [0.5, 0.6) is 11.5 Å². The number of hydrogen-bond donors (Lipinski definition) is 1. The number of sulfonamides is 1. The lowest BCUT2D eigenvalue weighted by Crippen LogP contribution is -2.24. The van der Waals surface area contributed by atoms with Gasteiger partial charge in [-0.25, -0.2) is 13.6 Å². The highest BCUT2D eigenvalue weighted by Crippen LogP contribution is 2.50. The summed E-state index contributed by atoms with van der Waals surface area (Å²) in [6.07, 6.45) is -19.5. The molecule has 1 aliphatic rings. The smallest absolute Gasteiger partial charge is 0.417 e. The second-order valence-corrected chi connectivity index (χ2v) is 9.28. The molecule has 3 aromatic carbocycles. The third-order valence-electron chi connectivity index (χ3n) is 5.24. The molecule has 0 spiro atoms. The number of halogens is 9. The van der Waals surface area contributed by atoms with Gasteiger partial charge in [0, 0.05) is 11.1 Å². The Balaban J connectivity index is 1.80. The van der Waals surface area contributed by atoms with Gasteiger partial charge in [-0.05, 0) is 35.9 Å². The van der Waals surface area contributed by atoms with Gasteiger partial charge >= 0.3 is 18.5 Å². The van der Waals surface area contributed by atoms with E-state index in [1.807, 2.05) is 0 Å². The molecule has 0 radical (unpaired) electrons. The monoisotopic (exact) mass is 557 g/mol. The summed E-state index contributed by atoms with van der Waals surface area (Å²) in [5.41, 5.74) is -8.68. The van der Waals surface area contributed by atoms with Crippen molar-refractivity contribution in [1.29, 1.82) is 0 Å². The molecule has 1 heterocycles. The second kappa shape index (κ2) is 8.55. The molecule has 2 N–H and O–H groups in total. The van der Waals surface area contributed by atoms with Crippen LogP contribution < -0.4 is 14.6 Å². The quantitative estimate of drug-likeness (QED) is 0.372. The molecule has 0 aliphatic carbocycles. The van der Waals surface area contributed by atoms with E-state index in [1.165, 1.54) is 42.5 Å². The van der Waals surface area contributed by atoms with Crippen molar-refractivity contribution in [2.24, 2.45) is 5.14 Å². The van der Waals surface area contributed by atoms with Gasteiger partial charge in [0.05, 0.1) is 21.6 Å². The maximum Gasteiger partial charge on any atom is 0.417 e. The molecule has 0 amide bonds. The molecule has 37 heavy (non-hydrogen) atoms. The van der Waals surface area contributed by atoms with E-state index in [2.05, 4.69) is 0 Å². The van der Waals surface area contributed by atoms with Crippen LogP contribution >= 0.6 is 0 Å². The summed E-state index contributed by atoms with van der Waals surface area (Å²) in [5, 5.41) is 5.20. The van der Waals surface area contributed by atoms with E-state index in [0.29, 0.717) is 0 Å².